The molecule has 0 spiro atoms. The van der Waals surface area contributed by atoms with E-state index in [1.165, 1.54) is 38.5 Å². The van der Waals surface area contributed by atoms with Gasteiger partial charge in [-0.25, -0.2) is 0 Å². The average molecular weight is 194 g/mol. The maximum atomic E-state index is 5.60. The van der Waals surface area contributed by atoms with Crippen molar-refractivity contribution in [2.75, 3.05) is 0 Å². The van der Waals surface area contributed by atoms with Gasteiger partial charge in [0.25, 0.3) is 0 Å². The van der Waals surface area contributed by atoms with E-state index in [1.807, 2.05) is 0 Å². The fourth-order valence-electron chi connectivity index (χ4n) is 3.73. The van der Waals surface area contributed by atoms with Gasteiger partial charge < -0.3 is 9.47 Å². The molecule has 4 fully saturated rings. The lowest BCUT2D eigenvalue weighted by atomic mass is 9.73. The summed E-state index contributed by atoms with van der Waals surface area (Å²) < 4.78 is 11.2. The zero-order chi connectivity index (χ0) is 9.12. The van der Waals surface area contributed by atoms with E-state index in [2.05, 4.69) is 0 Å². The minimum atomic E-state index is 0.659. The lowest BCUT2D eigenvalue weighted by molar-refractivity contribution is 0.217. The van der Waals surface area contributed by atoms with Gasteiger partial charge in [0.05, 0.1) is 24.4 Å². The molecule has 2 heteroatoms. The van der Waals surface area contributed by atoms with Crippen LogP contribution in [-0.4, -0.2) is 24.4 Å². The van der Waals surface area contributed by atoms with Crippen LogP contribution in [0.4, 0.5) is 0 Å². The second kappa shape index (κ2) is 2.73. The Balaban J connectivity index is 1.41. The summed E-state index contributed by atoms with van der Waals surface area (Å²) >= 11 is 0. The number of ether oxygens (including phenoxy) is 2. The van der Waals surface area contributed by atoms with Crippen molar-refractivity contribution in [2.45, 2.75) is 62.9 Å². The van der Waals surface area contributed by atoms with Crippen LogP contribution in [0.2, 0.25) is 0 Å². The third-order valence-corrected chi connectivity index (χ3v) is 4.76. The maximum absolute atomic E-state index is 5.60. The molecular formula is C12H18O2. The van der Waals surface area contributed by atoms with Gasteiger partial charge in [-0.05, 0) is 50.4 Å². The summed E-state index contributed by atoms with van der Waals surface area (Å²) in [5, 5.41) is 0. The van der Waals surface area contributed by atoms with Crippen LogP contribution in [-0.2, 0) is 9.47 Å². The predicted octanol–water partition coefficient (Wildman–Crippen LogP) is 2.12. The molecule has 78 valence electrons. The summed E-state index contributed by atoms with van der Waals surface area (Å²) in [5.74, 6) is 1.92. The van der Waals surface area contributed by atoms with E-state index in [0.29, 0.717) is 24.4 Å². The van der Waals surface area contributed by atoms with Gasteiger partial charge >= 0.3 is 0 Å². The molecule has 6 atom stereocenters. The first-order chi connectivity index (χ1) is 6.90. The van der Waals surface area contributed by atoms with Crippen molar-refractivity contribution in [2.24, 2.45) is 11.8 Å². The van der Waals surface area contributed by atoms with E-state index in [-0.39, 0.29) is 0 Å². The van der Waals surface area contributed by atoms with Crippen LogP contribution in [0.1, 0.15) is 38.5 Å². The molecule has 5 unspecified atom stereocenters. The van der Waals surface area contributed by atoms with Crippen LogP contribution < -0.4 is 0 Å². The van der Waals surface area contributed by atoms with E-state index >= 15 is 0 Å². The van der Waals surface area contributed by atoms with Gasteiger partial charge in [-0.1, -0.05) is 0 Å². The first-order valence-electron chi connectivity index (χ1n) is 6.21. The van der Waals surface area contributed by atoms with Crippen molar-refractivity contribution in [1.29, 1.82) is 0 Å². The monoisotopic (exact) mass is 194 g/mol. The van der Waals surface area contributed by atoms with E-state index < -0.39 is 0 Å². The summed E-state index contributed by atoms with van der Waals surface area (Å²) in [6.45, 7) is 0. The second-order valence-electron chi connectivity index (χ2n) is 5.57. The zero-order valence-corrected chi connectivity index (χ0v) is 8.52. The first-order valence-corrected chi connectivity index (χ1v) is 6.21. The molecule has 0 aromatic heterocycles. The molecule has 4 aliphatic rings. The lowest BCUT2D eigenvalue weighted by Gasteiger charge is -2.30. The minimum Gasteiger partial charge on any atom is -0.370 e. The molecule has 2 aliphatic heterocycles. The summed E-state index contributed by atoms with van der Waals surface area (Å²) in [5.41, 5.74) is 0. The van der Waals surface area contributed by atoms with E-state index in [9.17, 15) is 0 Å². The van der Waals surface area contributed by atoms with Crippen molar-refractivity contribution in [1.82, 2.24) is 0 Å². The predicted molar refractivity (Wildman–Crippen MR) is 52.0 cm³/mol. The highest BCUT2D eigenvalue weighted by atomic mass is 16.6. The normalized spacial score (nSPS) is 60.0. The molecule has 4 rings (SSSR count). The van der Waals surface area contributed by atoms with Gasteiger partial charge in [0.15, 0.2) is 0 Å². The summed E-state index contributed by atoms with van der Waals surface area (Å²) in [4.78, 5) is 0. The maximum Gasteiger partial charge on any atom is 0.0844 e. The summed E-state index contributed by atoms with van der Waals surface area (Å²) in [6, 6.07) is 0. The van der Waals surface area contributed by atoms with E-state index in [4.69, 9.17) is 9.47 Å². The fourth-order valence-corrected chi connectivity index (χ4v) is 3.73. The summed E-state index contributed by atoms with van der Waals surface area (Å²) in [7, 11) is 0. The Morgan fingerprint density at radius 2 is 1.07 bits per heavy atom. The van der Waals surface area contributed by atoms with Crippen LogP contribution in [0.3, 0.4) is 0 Å². The standard InChI is InChI=1S/C12H18O2/c1-3-9-11(13-9)5-7(1)8-2-4-10-12(6-8)14-10/h7-12H,1-6H2/t7?,8?,9?,10?,11-,12?/m0/s1. The Morgan fingerprint density at radius 3 is 1.50 bits per heavy atom. The van der Waals surface area contributed by atoms with Crippen molar-refractivity contribution >= 4 is 0 Å². The molecule has 0 amide bonds. The largest absolute Gasteiger partial charge is 0.370 e. The molecule has 0 aromatic carbocycles. The lowest BCUT2D eigenvalue weighted by Crippen LogP contribution is -2.26. The smallest absolute Gasteiger partial charge is 0.0844 e. The van der Waals surface area contributed by atoms with Gasteiger partial charge in [0.2, 0.25) is 0 Å². The number of fused-ring (bicyclic) bond motifs is 2. The van der Waals surface area contributed by atoms with Gasteiger partial charge in [0.1, 0.15) is 0 Å². The highest BCUT2D eigenvalue weighted by Crippen LogP contribution is 2.48. The Hall–Kier alpha value is -0.0800. The fraction of sp³-hybridized carbons (Fsp3) is 1.00. The molecule has 2 heterocycles. The summed E-state index contributed by atoms with van der Waals surface area (Å²) in [6.07, 6.45) is 10.9. The highest BCUT2D eigenvalue weighted by molar-refractivity contribution is 4.98. The average Bonchev–Trinajstić information content (AvgIpc) is 3.10. The van der Waals surface area contributed by atoms with Crippen molar-refractivity contribution in [3.63, 3.8) is 0 Å². The zero-order valence-electron chi connectivity index (χ0n) is 8.52. The van der Waals surface area contributed by atoms with Crippen LogP contribution in [0.15, 0.2) is 0 Å². The third kappa shape index (κ3) is 1.24. The van der Waals surface area contributed by atoms with Crippen molar-refractivity contribution in [3.8, 4) is 0 Å². The molecule has 0 radical (unpaired) electrons. The Morgan fingerprint density at radius 1 is 0.571 bits per heavy atom. The second-order valence-corrected chi connectivity index (χ2v) is 5.57. The molecule has 2 saturated carbocycles. The van der Waals surface area contributed by atoms with Crippen LogP contribution in [0, 0.1) is 11.8 Å². The van der Waals surface area contributed by atoms with E-state index in [1.54, 1.807) is 0 Å². The van der Waals surface area contributed by atoms with Crippen molar-refractivity contribution in [3.05, 3.63) is 0 Å². The molecule has 2 saturated heterocycles. The molecule has 0 aromatic rings. The molecule has 0 N–H and O–H groups in total. The van der Waals surface area contributed by atoms with Gasteiger partial charge in [0, 0.05) is 0 Å². The topological polar surface area (TPSA) is 25.1 Å². The Kier molecular flexibility index (Phi) is 1.58. The molecule has 0 bridgehead atoms. The van der Waals surface area contributed by atoms with Gasteiger partial charge in [-0.3, -0.25) is 0 Å². The van der Waals surface area contributed by atoms with Gasteiger partial charge in [-0.2, -0.15) is 0 Å². The third-order valence-electron chi connectivity index (χ3n) is 4.76. The van der Waals surface area contributed by atoms with Gasteiger partial charge in [-0.15, -0.1) is 0 Å². The molecule has 14 heavy (non-hydrogen) atoms. The molecular weight excluding hydrogens is 176 g/mol. The number of rotatable bonds is 1. The van der Waals surface area contributed by atoms with Crippen LogP contribution in [0.5, 0.6) is 0 Å². The Labute approximate surface area is 85.0 Å². The number of epoxide rings is 2. The SMILES string of the molecule is C1CC2OC2CC1C1CCC2O[C@H]2C1. The molecule has 2 aliphatic carbocycles. The van der Waals surface area contributed by atoms with Crippen LogP contribution >= 0.6 is 0 Å². The number of hydrogen-bond acceptors (Lipinski definition) is 2. The van der Waals surface area contributed by atoms with Crippen LogP contribution in [0.25, 0.3) is 0 Å². The number of hydrogen-bond donors (Lipinski definition) is 0. The quantitative estimate of drug-likeness (QED) is 0.597. The highest BCUT2D eigenvalue weighted by Gasteiger charge is 2.49. The molecule has 2 nitrogen and oxygen atoms in total. The van der Waals surface area contributed by atoms with E-state index in [0.717, 1.165) is 11.8 Å². The Bertz CT molecular complexity index is 227. The van der Waals surface area contributed by atoms with Crippen molar-refractivity contribution < 1.29 is 9.47 Å². The minimum absolute atomic E-state index is 0.659. The first kappa shape index (κ1) is 8.12.